The molecule has 0 rings (SSSR count). The summed E-state index contributed by atoms with van der Waals surface area (Å²) in [7, 11) is 0. The van der Waals surface area contributed by atoms with Crippen LogP contribution in [0.1, 0.15) is 285 Å². The largest absolute Gasteiger partial charge is 0.462 e. The van der Waals surface area contributed by atoms with Crippen LogP contribution in [0.5, 0.6) is 0 Å². The fourth-order valence-corrected chi connectivity index (χ4v) is 7.69. The Morgan fingerprint density at radius 2 is 0.579 bits per heavy atom. The predicted octanol–water partition coefficient (Wildman–Crippen LogP) is 16.3. The average molecular weight is 807 g/mol. The van der Waals surface area contributed by atoms with Crippen LogP contribution >= 0.6 is 0 Å². The number of esters is 3. The van der Waals surface area contributed by atoms with Crippen LogP contribution in [0.2, 0.25) is 0 Å². The molecule has 0 aromatic rings. The molecule has 0 aromatic carbocycles. The number of hydrogen-bond donors (Lipinski definition) is 0. The van der Waals surface area contributed by atoms with Gasteiger partial charge in [-0.2, -0.15) is 0 Å². The summed E-state index contributed by atoms with van der Waals surface area (Å²) in [6.45, 7) is 8.96. The van der Waals surface area contributed by atoms with E-state index in [9.17, 15) is 14.4 Å². The molecule has 0 saturated heterocycles. The van der Waals surface area contributed by atoms with Crippen molar-refractivity contribution in [2.75, 3.05) is 13.2 Å². The maximum atomic E-state index is 12.7. The van der Waals surface area contributed by atoms with Crippen LogP contribution in [0.3, 0.4) is 0 Å². The van der Waals surface area contributed by atoms with E-state index in [-0.39, 0.29) is 31.1 Å². The molecule has 0 aromatic heterocycles. The minimum absolute atomic E-state index is 0.0639. The van der Waals surface area contributed by atoms with Crippen LogP contribution in [0, 0.1) is 5.92 Å². The van der Waals surface area contributed by atoms with Crippen molar-refractivity contribution in [2.24, 2.45) is 5.92 Å². The quantitative estimate of drug-likeness (QED) is 0.0346. The van der Waals surface area contributed by atoms with E-state index in [1.807, 2.05) is 0 Å². The molecule has 0 N–H and O–H groups in total. The Balaban J connectivity index is 4.05. The van der Waals surface area contributed by atoms with Crippen molar-refractivity contribution >= 4 is 17.9 Å². The van der Waals surface area contributed by atoms with E-state index < -0.39 is 6.10 Å². The Bertz CT molecular complexity index is 857. The second-order valence-corrected chi connectivity index (χ2v) is 17.9. The first-order valence-electron chi connectivity index (χ1n) is 25.4. The second kappa shape index (κ2) is 45.5. The summed E-state index contributed by atoms with van der Waals surface area (Å²) in [5, 5.41) is 0. The lowest BCUT2D eigenvalue weighted by atomic mass is 10.0. The molecule has 0 radical (unpaired) electrons. The standard InChI is InChI=1S/C51H98O6/c1-5-7-9-11-12-13-14-21-26-29-32-36-40-44-51(54)57-48(45-55-49(52)42-38-33-10-8-6-2)46-56-50(53)43-39-35-31-28-25-23-20-18-16-15-17-19-22-24-27-30-34-37-41-47(3)4/h47-48H,5-46H2,1-4H3/t48-/m1/s1. The van der Waals surface area contributed by atoms with E-state index in [0.717, 1.165) is 70.1 Å². The first kappa shape index (κ1) is 55.4. The summed E-state index contributed by atoms with van der Waals surface area (Å²) < 4.78 is 16.7. The van der Waals surface area contributed by atoms with E-state index in [2.05, 4.69) is 27.7 Å². The zero-order valence-corrected chi connectivity index (χ0v) is 38.8. The van der Waals surface area contributed by atoms with Gasteiger partial charge in [-0.25, -0.2) is 0 Å². The lowest BCUT2D eigenvalue weighted by Gasteiger charge is -2.18. The number of rotatable bonds is 46. The minimum Gasteiger partial charge on any atom is -0.462 e. The number of hydrogen-bond acceptors (Lipinski definition) is 6. The van der Waals surface area contributed by atoms with Gasteiger partial charge in [0.1, 0.15) is 13.2 Å². The molecule has 0 aliphatic rings. The zero-order valence-electron chi connectivity index (χ0n) is 38.8. The molecule has 0 saturated carbocycles. The minimum atomic E-state index is -0.758. The van der Waals surface area contributed by atoms with Crippen LogP contribution in [-0.2, 0) is 28.6 Å². The van der Waals surface area contributed by atoms with Crippen LogP contribution in [-0.4, -0.2) is 37.2 Å². The zero-order chi connectivity index (χ0) is 41.7. The molecule has 0 heterocycles. The van der Waals surface area contributed by atoms with Gasteiger partial charge in [0.25, 0.3) is 0 Å². The first-order chi connectivity index (χ1) is 27.9. The Morgan fingerprint density at radius 1 is 0.333 bits per heavy atom. The average Bonchev–Trinajstić information content (AvgIpc) is 3.19. The van der Waals surface area contributed by atoms with E-state index in [1.54, 1.807) is 0 Å². The molecule has 6 nitrogen and oxygen atoms in total. The first-order valence-corrected chi connectivity index (χ1v) is 25.4. The van der Waals surface area contributed by atoms with Gasteiger partial charge in [0.05, 0.1) is 0 Å². The summed E-state index contributed by atoms with van der Waals surface area (Å²) in [6, 6.07) is 0. The van der Waals surface area contributed by atoms with Gasteiger partial charge in [0.2, 0.25) is 0 Å². The van der Waals surface area contributed by atoms with Crippen LogP contribution in [0.15, 0.2) is 0 Å². The number of carbonyl (C=O) groups is 3. The van der Waals surface area contributed by atoms with Crippen molar-refractivity contribution in [3.8, 4) is 0 Å². The molecule has 0 aliphatic carbocycles. The highest BCUT2D eigenvalue weighted by molar-refractivity contribution is 5.71. The van der Waals surface area contributed by atoms with Crippen molar-refractivity contribution in [2.45, 2.75) is 291 Å². The highest BCUT2D eigenvalue weighted by Crippen LogP contribution is 2.17. The highest BCUT2D eigenvalue weighted by Gasteiger charge is 2.19. The predicted molar refractivity (Wildman–Crippen MR) is 243 cm³/mol. The topological polar surface area (TPSA) is 78.9 Å². The van der Waals surface area contributed by atoms with Gasteiger partial charge in [-0.05, 0) is 25.2 Å². The third-order valence-electron chi connectivity index (χ3n) is 11.5. The van der Waals surface area contributed by atoms with Crippen LogP contribution < -0.4 is 0 Å². The van der Waals surface area contributed by atoms with E-state index >= 15 is 0 Å². The maximum Gasteiger partial charge on any atom is 0.306 e. The molecule has 0 spiro atoms. The Hall–Kier alpha value is -1.59. The highest BCUT2D eigenvalue weighted by atomic mass is 16.6. The Labute approximate surface area is 355 Å². The summed E-state index contributed by atoms with van der Waals surface area (Å²) >= 11 is 0. The van der Waals surface area contributed by atoms with Gasteiger partial charge in [-0.15, -0.1) is 0 Å². The van der Waals surface area contributed by atoms with E-state index in [0.29, 0.717) is 19.3 Å². The Morgan fingerprint density at radius 3 is 0.860 bits per heavy atom. The van der Waals surface area contributed by atoms with Crippen molar-refractivity contribution in [1.29, 1.82) is 0 Å². The van der Waals surface area contributed by atoms with Crippen molar-refractivity contribution in [1.82, 2.24) is 0 Å². The second-order valence-electron chi connectivity index (χ2n) is 17.9. The SMILES string of the molecule is CCCCCCCCCCCCCCCC(=O)O[C@H](COC(=O)CCCCCCC)COC(=O)CCCCCCCCCCCCCCCCCCCCC(C)C. The van der Waals surface area contributed by atoms with Crippen molar-refractivity contribution < 1.29 is 28.6 Å². The normalized spacial score (nSPS) is 11.9. The molecular formula is C51H98O6. The fraction of sp³-hybridized carbons (Fsp3) is 0.941. The lowest BCUT2D eigenvalue weighted by molar-refractivity contribution is -0.167. The smallest absolute Gasteiger partial charge is 0.306 e. The maximum absolute atomic E-state index is 12.7. The third-order valence-corrected chi connectivity index (χ3v) is 11.5. The molecule has 57 heavy (non-hydrogen) atoms. The molecule has 1 atom stereocenters. The van der Waals surface area contributed by atoms with E-state index in [4.69, 9.17) is 14.2 Å². The summed E-state index contributed by atoms with van der Waals surface area (Å²) in [4.78, 5) is 37.6. The molecular weight excluding hydrogens is 709 g/mol. The third kappa shape index (κ3) is 45.3. The van der Waals surface area contributed by atoms with Crippen molar-refractivity contribution in [3.05, 3.63) is 0 Å². The summed E-state index contributed by atoms with van der Waals surface area (Å²) in [5.41, 5.74) is 0. The van der Waals surface area contributed by atoms with Gasteiger partial charge >= 0.3 is 17.9 Å². The van der Waals surface area contributed by atoms with Gasteiger partial charge in [-0.3, -0.25) is 14.4 Å². The van der Waals surface area contributed by atoms with Crippen LogP contribution in [0.25, 0.3) is 0 Å². The summed E-state index contributed by atoms with van der Waals surface area (Å²) in [6.07, 6.45) is 47.0. The van der Waals surface area contributed by atoms with Gasteiger partial charge in [-0.1, -0.05) is 246 Å². The van der Waals surface area contributed by atoms with Gasteiger partial charge in [0.15, 0.2) is 6.10 Å². The number of ether oxygens (including phenoxy) is 3. The fourth-order valence-electron chi connectivity index (χ4n) is 7.69. The van der Waals surface area contributed by atoms with E-state index in [1.165, 1.54) is 173 Å². The summed E-state index contributed by atoms with van der Waals surface area (Å²) in [5.74, 6) is -0.00188. The molecule has 0 unspecified atom stereocenters. The molecule has 338 valence electrons. The molecule has 6 heteroatoms. The van der Waals surface area contributed by atoms with Crippen LogP contribution in [0.4, 0.5) is 0 Å². The lowest BCUT2D eigenvalue weighted by Crippen LogP contribution is -2.30. The monoisotopic (exact) mass is 807 g/mol. The number of carbonyl (C=O) groups excluding carboxylic acids is 3. The number of unbranched alkanes of at least 4 members (excludes halogenated alkanes) is 33. The molecule has 0 bridgehead atoms. The molecule has 0 amide bonds. The van der Waals surface area contributed by atoms with Crippen molar-refractivity contribution in [3.63, 3.8) is 0 Å². The molecule has 0 aliphatic heterocycles. The van der Waals surface area contributed by atoms with Gasteiger partial charge < -0.3 is 14.2 Å². The Kier molecular flexibility index (Phi) is 44.2. The van der Waals surface area contributed by atoms with Gasteiger partial charge in [0, 0.05) is 19.3 Å². The molecule has 0 fully saturated rings.